The number of methoxy groups -OCH3 is 2. The van der Waals surface area contributed by atoms with Gasteiger partial charge in [0.15, 0.2) is 5.84 Å². The lowest BCUT2D eigenvalue weighted by Gasteiger charge is -2.13. The molecular formula is C10H14ClN3O3. The summed E-state index contributed by atoms with van der Waals surface area (Å²) in [5.74, 6) is 1.12. The average molecular weight is 260 g/mol. The molecule has 0 saturated carbocycles. The van der Waals surface area contributed by atoms with Gasteiger partial charge in [-0.25, -0.2) is 0 Å². The maximum Gasteiger partial charge on any atom is 0.158 e. The fourth-order valence-corrected chi connectivity index (χ4v) is 1.46. The number of ether oxygens (including phenoxy) is 2. The van der Waals surface area contributed by atoms with Crippen molar-refractivity contribution in [1.82, 2.24) is 0 Å². The molecule has 0 saturated heterocycles. The predicted octanol–water partition coefficient (Wildman–Crippen LogP) is 1.52. The van der Waals surface area contributed by atoms with Gasteiger partial charge in [-0.1, -0.05) is 16.8 Å². The summed E-state index contributed by atoms with van der Waals surface area (Å²) in [5.41, 5.74) is 5.97. The molecule has 0 aliphatic rings. The molecular weight excluding hydrogens is 246 g/mol. The Morgan fingerprint density at radius 2 is 2.06 bits per heavy atom. The zero-order valence-corrected chi connectivity index (χ0v) is 10.3. The first-order valence-corrected chi connectivity index (χ1v) is 5.12. The summed E-state index contributed by atoms with van der Waals surface area (Å²) in [5, 5.41) is 14.6. The maximum absolute atomic E-state index is 8.42. The minimum absolute atomic E-state index is 0.0546. The van der Waals surface area contributed by atoms with E-state index in [4.69, 9.17) is 32.0 Å². The highest BCUT2D eigenvalue weighted by Gasteiger charge is 2.09. The Bertz CT molecular complexity index is 424. The molecule has 0 spiro atoms. The summed E-state index contributed by atoms with van der Waals surface area (Å²) < 4.78 is 10.2. The van der Waals surface area contributed by atoms with Crippen LogP contribution in [0.25, 0.3) is 0 Å². The highest BCUT2D eigenvalue weighted by atomic mass is 35.5. The SMILES string of the molecule is COc1cc(OC)c(NCC(N)=NO)cc1Cl. The molecule has 0 aliphatic carbocycles. The van der Waals surface area contributed by atoms with Crippen LogP contribution in [0.2, 0.25) is 5.02 Å². The van der Waals surface area contributed by atoms with Crippen molar-refractivity contribution in [2.24, 2.45) is 10.9 Å². The van der Waals surface area contributed by atoms with Crippen LogP contribution in [0.3, 0.4) is 0 Å². The minimum atomic E-state index is 0.0546. The van der Waals surface area contributed by atoms with E-state index in [0.29, 0.717) is 22.2 Å². The molecule has 0 atom stereocenters. The van der Waals surface area contributed by atoms with E-state index < -0.39 is 0 Å². The van der Waals surface area contributed by atoms with Crippen LogP contribution < -0.4 is 20.5 Å². The standard InChI is InChI=1S/C10H14ClN3O3/c1-16-8-4-9(17-2)7(3-6(8)11)13-5-10(12)14-15/h3-4,13,15H,5H2,1-2H3,(H2,12,14). The lowest BCUT2D eigenvalue weighted by atomic mass is 10.2. The van der Waals surface area contributed by atoms with Gasteiger partial charge in [-0.3, -0.25) is 0 Å². The van der Waals surface area contributed by atoms with Gasteiger partial charge in [0.1, 0.15) is 11.5 Å². The van der Waals surface area contributed by atoms with E-state index in [9.17, 15) is 0 Å². The third kappa shape index (κ3) is 3.32. The summed E-state index contributed by atoms with van der Waals surface area (Å²) in [6, 6.07) is 3.29. The second-order valence-corrected chi connectivity index (χ2v) is 3.54. The van der Waals surface area contributed by atoms with Crippen LogP contribution >= 0.6 is 11.6 Å². The maximum atomic E-state index is 8.42. The number of benzene rings is 1. The van der Waals surface area contributed by atoms with Crippen molar-refractivity contribution < 1.29 is 14.7 Å². The molecule has 0 amide bonds. The first kappa shape index (κ1) is 13.2. The number of halogens is 1. The molecule has 0 unspecified atom stereocenters. The topological polar surface area (TPSA) is 89.1 Å². The predicted molar refractivity (Wildman–Crippen MR) is 66.5 cm³/mol. The number of hydrogen-bond acceptors (Lipinski definition) is 5. The number of rotatable bonds is 5. The molecule has 17 heavy (non-hydrogen) atoms. The Labute approximate surface area is 104 Å². The van der Waals surface area contributed by atoms with E-state index in [1.54, 1.807) is 12.1 Å². The average Bonchev–Trinajstić information content (AvgIpc) is 2.35. The van der Waals surface area contributed by atoms with E-state index in [2.05, 4.69) is 10.5 Å². The number of nitrogens with one attached hydrogen (secondary N) is 1. The minimum Gasteiger partial charge on any atom is -0.495 e. The highest BCUT2D eigenvalue weighted by molar-refractivity contribution is 6.32. The molecule has 0 bridgehead atoms. The lowest BCUT2D eigenvalue weighted by molar-refractivity contribution is 0.317. The van der Waals surface area contributed by atoms with Gasteiger partial charge < -0.3 is 25.7 Å². The van der Waals surface area contributed by atoms with Crippen molar-refractivity contribution >= 4 is 23.1 Å². The summed E-state index contributed by atoms with van der Waals surface area (Å²) >= 11 is 5.98. The number of hydrogen-bond donors (Lipinski definition) is 3. The molecule has 94 valence electrons. The largest absolute Gasteiger partial charge is 0.495 e. The molecule has 0 aliphatic heterocycles. The van der Waals surface area contributed by atoms with Gasteiger partial charge in [0.25, 0.3) is 0 Å². The van der Waals surface area contributed by atoms with Gasteiger partial charge in [-0.15, -0.1) is 0 Å². The van der Waals surface area contributed by atoms with Crippen LogP contribution in [0.4, 0.5) is 5.69 Å². The zero-order valence-electron chi connectivity index (χ0n) is 9.53. The molecule has 0 radical (unpaired) electrons. The van der Waals surface area contributed by atoms with E-state index in [-0.39, 0.29) is 12.4 Å². The van der Waals surface area contributed by atoms with Crippen LogP contribution in [0.5, 0.6) is 11.5 Å². The molecule has 1 aromatic carbocycles. The third-order valence-electron chi connectivity index (χ3n) is 2.06. The molecule has 7 heteroatoms. The Morgan fingerprint density at radius 3 is 2.59 bits per heavy atom. The van der Waals surface area contributed by atoms with Gasteiger partial charge >= 0.3 is 0 Å². The number of oxime groups is 1. The Morgan fingerprint density at radius 1 is 1.41 bits per heavy atom. The first-order chi connectivity index (χ1) is 8.12. The van der Waals surface area contributed by atoms with Crippen molar-refractivity contribution in [3.63, 3.8) is 0 Å². The lowest BCUT2D eigenvalue weighted by Crippen LogP contribution is -2.22. The van der Waals surface area contributed by atoms with E-state index in [0.717, 1.165) is 0 Å². The van der Waals surface area contributed by atoms with Crippen molar-refractivity contribution in [2.75, 3.05) is 26.1 Å². The van der Waals surface area contributed by atoms with Crippen LogP contribution in [0.1, 0.15) is 0 Å². The van der Waals surface area contributed by atoms with Crippen molar-refractivity contribution in [1.29, 1.82) is 0 Å². The van der Waals surface area contributed by atoms with Crippen molar-refractivity contribution in [3.05, 3.63) is 17.2 Å². The van der Waals surface area contributed by atoms with Crippen LogP contribution in [-0.2, 0) is 0 Å². The Kier molecular flexibility index (Phi) is 4.71. The molecule has 0 heterocycles. The van der Waals surface area contributed by atoms with Crippen LogP contribution in [0, 0.1) is 0 Å². The fourth-order valence-electron chi connectivity index (χ4n) is 1.22. The van der Waals surface area contributed by atoms with Crippen molar-refractivity contribution in [3.8, 4) is 11.5 Å². The van der Waals surface area contributed by atoms with Gasteiger partial charge in [-0.05, 0) is 6.07 Å². The molecule has 1 aromatic rings. The molecule has 1 rings (SSSR count). The van der Waals surface area contributed by atoms with Gasteiger partial charge in [0.05, 0.1) is 31.5 Å². The summed E-state index contributed by atoms with van der Waals surface area (Å²) in [6.45, 7) is 0.176. The highest BCUT2D eigenvalue weighted by Crippen LogP contribution is 2.35. The third-order valence-corrected chi connectivity index (χ3v) is 2.36. The second-order valence-electron chi connectivity index (χ2n) is 3.13. The fraction of sp³-hybridized carbons (Fsp3) is 0.300. The van der Waals surface area contributed by atoms with E-state index >= 15 is 0 Å². The van der Waals surface area contributed by atoms with Gasteiger partial charge in [-0.2, -0.15) is 0 Å². The number of anilines is 1. The van der Waals surface area contributed by atoms with Gasteiger partial charge in [0, 0.05) is 6.07 Å². The smallest absolute Gasteiger partial charge is 0.158 e. The molecule has 6 nitrogen and oxygen atoms in total. The number of amidine groups is 1. The number of nitrogens with two attached hydrogens (primary N) is 1. The van der Waals surface area contributed by atoms with Crippen molar-refractivity contribution in [2.45, 2.75) is 0 Å². The normalized spacial score (nSPS) is 11.1. The Balaban J connectivity index is 2.94. The van der Waals surface area contributed by atoms with Crippen LogP contribution in [-0.4, -0.2) is 31.8 Å². The van der Waals surface area contributed by atoms with E-state index in [1.165, 1.54) is 14.2 Å². The second kappa shape index (κ2) is 6.05. The van der Waals surface area contributed by atoms with Gasteiger partial charge in [0.2, 0.25) is 0 Å². The quantitative estimate of drug-likeness (QED) is 0.323. The van der Waals surface area contributed by atoms with Crippen LogP contribution in [0.15, 0.2) is 17.3 Å². The summed E-state index contributed by atoms with van der Waals surface area (Å²) in [6.07, 6.45) is 0. The zero-order chi connectivity index (χ0) is 12.8. The molecule has 0 fully saturated rings. The van der Waals surface area contributed by atoms with E-state index in [1.807, 2.05) is 0 Å². The summed E-state index contributed by atoms with van der Waals surface area (Å²) in [4.78, 5) is 0. The number of nitrogens with zero attached hydrogens (tertiary/aromatic N) is 1. The molecule has 4 N–H and O–H groups in total. The Hall–Kier alpha value is -1.82. The first-order valence-electron chi connectivity index (χ1n) is 4.74. The summed E-state index contributed by atoms with van der Waals surface area (Å²) in [7, 11) is 3.04. The molecule has 0 aromatic heterocycles. The monoisotopic (exact) mass is 259 g/mol.